The molecule has 1 saturated heterocycles. The third kappa shape index (κ3) is 2.27. The van der Waals surface area contributed by atoms with Gasteiger partial charge in [-0.2, -0.15) is 12.6 Å². The standard InChI is InChI=1S/C15H20BNO2S/c16-14-6-1-7-15(14,20)10-17(9-14)8-13(19)11-2-4-12(18)5-3-11/h2-5,18,20H,1,6-10,16H2/t14-,15+/m1/s1. The molecule has 1 aliphatic heterocycles. The van der Waals surface area contributed by atoms with E-state index in [0.29, 0.717) is 12.1 Å². The summed E-state index contributed by atoms with van der Waals surface area (Å²) in [5.41, 5.74) is 0.665. The number of fused-ring (bicyclic) bond motifs is 1. The lowest BCUT2D eigenvalue weighted by molar-refractivity contribution is 0.0942. The summed E-state index contributed by atoms with van der Waals surface area (Å²) in [6, 6.07) is 6.50. The van der Waals surface area contributed by atoms with Crippen molar-refractivity contribution >= 4 is 26.3 Å². The molecule has 106 valence electrons. The summed E-state index contributed by atoms with van der Waals surface area (Å²) in [6.45, 7) is 2.30. The van der Waals surface area contributed by atoms with Crippen LogP contribution in [-0.2, 0) is 0 Å². The Labute approximate surface area is 126 Å². The van der Waals surface area contributed by atoms with Crippen LogP contribution in [0.25, 0.3) is 0 Å². The molecule has 3 rings (SSSR count). The zero-order valence-corrected chi connectivity index (χ0v) is 12.7. The lowest BCUT2D eigenvalue weighted by Gasteiger charge is -2.31. The van der Waals surface area contributed by atoms with E-state index in [1.807, 2.05) is 0 Å². The predicted octanol–water partition coefficient (Wildman–Crippen LogP) is 1.53. The normalized spacial score (nSPS) is 33.2. The number of carbonyl (C=O) groups is 1. The van der Waals surface area contributed by atoms with Crippen LogP contribution in [0, 0.1) is 0 Å². The number of phenols is 1. The Morgan fingerprint density at radius 1 is 1.30 bits per heavy atom. The molecule has 0 amide bonds. The van der Waals surface area contributed by atoms with E-state index in [0.717, 1.165) is 19.5 Å². The van der Waals surface area contributed by atoms with Crippen molar-refractivity contribution < 1.29 is 9.90 Å². The Balaban J connectivity index is 1.68. The van der Waals surface area contributed by atoms with Crippen LogP contribution in [0.2, 0.25) is 5.31 Å². The van der Waals surface area contributed by atoms with Gasteiger partial charge >= 0.3 is 0 Å². The van der Waals surface area contributed by atoms with Gasteiger partial charge in [0.15, 0.2) is 5.78 Å². The number of hydrogen-bond donors (Lipinski definition) is 2. The van der Waals surface area contributed by atoms with Gasteiger partial charge in [-0.15, -0.1) is 0 Å². The molecule has 0 bridgehead atoms. The van der Waals surface area contributed by atoms with Crippen molar-refractivity contribution in [2.24, 2.45) is 0 Å². The van der Waals surface area contributed by atoms with E-state index in [1.165, 1.54) is 12.8 Å². The minimum Gasteiger partial charge on any atom is -0.508 e. The third-order valence-corrected chi connectivity index (χ3v) is 5.96. The van der Waals surface area contributed by atoms with Crippen LogP contribution in [0.3, 0.4) is 0 Å². The minimum absolute atomic E-state index is 0.0717. The number of carbonyl (C=O) groups excluding carboxylic acids is 1. The van der Waals surface area contributed by atoms with Gasteiger partial charge in [-0.25, -0.2) is 0 Å². The van der Waals surface area contributed by atoms with Crippen molar-refractivity contribution in [1.82, 2.24) is 4.90 Å². The molecule has 1 N–H and O–H groups in total. The van der Waals surface area contributed by atoms with Crippen molar-refractivity contribution in [2.75, 3.05) is 19.6 Å². The topological polar surface area (TPSA) is 40.5 Å². The Bertz CT molecular complexity index is 517. The van der Waals surface area contributed by atoms with E-state index in [-0.39, 0.29) is 21.6 Å². The monoisotopic (exact) mass is 289 g/mol. The first kappa shape index (κ1) is 14.0. The molecule has 2 aliphatic rings. The summed E-state index contributed by atoms with van der Waals surface area (Å²) in [5, 5.41) is 9.51. The maximum Gasteiger partial charge on any atom is 0.176 e. The van der Waals surface area contributed by atoms with Gasteiger partial charge in [0.2, 0.25) is 0 Å². The molecule has 1 aromatic rings. The zero-order chi connectivity index (χ0) is 14.4. The average Bonchev–Trinajstić information content (AvgIpc) is 2.77. The highest BCUT2D eigenvalue weighted by atomic mass is 32.1. The predicted molar refractivity (Wildman–Crippen MR) is 85.7 cm³/mol. The van der Waals surface area contributed by atoms with Crippen LogP contribution in [0.1, 0.15) is 29.6 Å². The number of aromatic hydroxyl groups is 1. The summed E-state index contributed by atoms with van der Waals surface area (Å²) >= 11 is 4.92. The molecular weight excluding hydrogens is 269 g/mol. The van der Waals surface area contributed by atoms with Gasteiger partial charge in [0, 0.05) is 16.9 Å². The Morgan fingerprint density at radius 3 is 2.65 bits per heavy atom. The van der Waals surface area contributed by atoms with Gasteiger partial charge in [-0.1, -0.05) is 12.8 Å². The first-order valence-electron chi connectivity index (χ1n) is 7.19. The zero-order valence-electron chi connectivity index (χ0n) is 11.8. The van der Waals surface area contributed by atoms with Gasteiger partial charge in [-0.05, 0) is 42.5 Å². The lowest BCUT2D eigenvalue weighted by Crippen LogP contribution is -2.33. The highest BCUT2D eigenvalue weighted by Crippen LogP contribution is 2.58. The van der Waals surface area contributed by atoms with Gasteiger partial charge < -0.3 is 5.11 Å². The van der Waals surface area contributed by atoms with E-state index in [9.17, 15) is 9.90 Å². The van der Waals surface area contributed by atoms with Crippen LogP contribution in [0.15, 0.2) is 24.3 Å². The number of likely N-dealkylation sites (tertiary alicyclic amines) is 1. The maximum absolute atomic E-state index is 12.3. The van der Waals surface area contributed by atoms with Crippen molar-refractivity contribution in [3.05, 3.63) is 29.8 Å². The summed E-state index contributed by atoms with van der Waals surface area (Å²) in [5.74, 6) is 0.310. The van der Waals surface area contributed by atoms with Gasteiger partial charge in [0.05, 0.1) is 6.54 Å². The molecule has 3 nitrogen and oxygen atoms in total. The number of Topliss-reactive ketones (excluding diaryl/α,β-unsaturated/α-hetero) is 1. The summed E-state index contributed by atoms with van der Waals surface area (Å²) < 4.78 is 0.0717. The number of thiol groups is 1. The van der Waals surface area contributed by atoms with E-state index in [1.54, 1.807) is 24.3 Å². The highest BCUT2D eigenvalue weighted by molar-refractivity contribution is 7.82. The molecule has 0 aromatic heterocycles. The smallest absolute Gasteiger partial charge is 0.176 e. The maximum atomic E-state index is 12.3. The number of ketones is 1. The third-order valence-electron chi connectivity index (χ3n) is 5.06. The molecule has 0 spiro atoms. The van der Waals surface area contributed by atoms with Gasteiger partial charge in [0.1, 0.15) is 13.6 Å². The van der Waals surface area contributed by atoms with E-state index in [2.05, 4.69) is 12.7 Å². The summed E-state index contributed by atoms with van der Waals surface area (Å²) in [6.07, 6.45) is 3.61. The Hall–Kier alpha value is -0.935. The average molecular weight is 289 g/mol. The Kier molecular flexibility index (Phi) is 3.37. The van der Waals surface area contributed by atoms with E-state index in [4.69, 9.17) is 12.6 Å². The summed E-state index contributed by atoms with van der Waals surface area (Å²) in [7, 11) is 2.30. The Morgan fingerprint density at radius 2 is 2.00 bits per heavy atom. The lowest BCUT2D eigenvalue weighted by atomic mass is 9.63. The fraction of sp³-hybridized carbons (Fsp3) is 0.533. The molecule has 0 unspecified atom stereocenters. The fourth-order valence-corrected chi connectivity index (χ4v) is 4.32. The molecule has 2 fully saturated rings. The molecule has 1 saturated carbocycles. The first-order chi connectivity index (χ1) is 9.42. The minimum atomic E-state index is 0.0717. The number of rotatable bonds is 3. The second-order valence-electron chi connectivity index (χ2n) is 6.56. The largest absolute Gasteiger partial charge is 0.508 e. The number of benzene rings is 1. The molecule has 1 aromatic carbocycles. The number of phenolic OH excluding ortho intramolecular Hbond substituents is 1. The van der Waals surface area contributed by atoms with Gasteiger partial charge in [0.25, 0.3) is 0 Å². The number of hydrogen-bond acceptors (Lipinski definition) is 4. The molecule has 5 heteroatoms. The van der Waals surface area contributed by atoms with Crippen molar-refractivity contribution in [1.29, 1.82) is 0 Å². The molecule has 20 heavy (non-hydrogen) atoms. The van der Waals surface area contributed by atoms with E-state index >= 15 is 0 Å². The molecule has 1 heterocycles. The van der Waals surface area contributed by atoms with Gasteiger partial charge in [-0.3, -0.25) is 9.69 Å². The van der Waals surface area contributed by atoms with Crippen LogP contribution in [0.4, 0.5) is 0 Å². The van der Waals surface area contributed by atoms with E-state index < -0.39 is 0 Å². The van der Waals surface area contributed by atoms with Crippen molar-refractivity contribution in [3.8, 4) is 5.75 Å². The van der Waals surface area contributed by atoms with Crippen LogP contribution in [0.5, 0.6) is 5.75 Å². The molecule has 0 radical (unpaired) electrons. The second kappa shape index (κ2) is 4.81. The molecular formula is C15H20BNO2S. The van der Waals surface area contributed by atoms with Crippen LogP contribution < -0.4 is 0 Å². The van der Waals surface area contributed by atoms with Crippen LogP contribution >= 0.6 is 12.6 Å². The highest BCUT2D eigenvalue weighted by Gasteiger charge is 2.55. The van der Waals surface area contributed by atoms with Crippen molar-refractivity contribution in [2.45, 2.75) is 29.3 Å². The summed E-state index contributed by atoms with van der Waals surface area (Å²) in [4.78, 5) is 14.5. The number of nitrogens with zero attached hydrogens (tertiary/aromatic N) is 1. The van der Waals surface area contributed by atoms with Crippen LogP contribution in [-0.4, -0.2) is 48.0 Å². The first-order valence-corrected chi connectivity index (χ1v) is 7.64. The molecule has 1 aliphatic carbocycles. The quantitative estimate of drug-likeness (QED) is 0.504. The van der Waals surface area contributed by atoms with Crippen molar-refractivity contribution in [3.63, 3.8) is 0 Å². The second-order valence-corrected chi connectivity index (χ2v) is 7.42. The fourth-order valence-electron chi connectivity index (χ4n) is 3.77. The SMILES string of the molecule is B[C@@]12CCC[C@]1(S)CN(CC(=O)c1ccc(O)cc1)C2. The molecule has 2 atom stereocenters.